The van der Waals surface area contributed by atoms with Crippen molar-refractivity contribution in [3.05, 3.63) is 35.8 Å². The summed E-state index contributed by atoms with van der Waals surface area (Å²) in [5.41, 5.74) is 3.36. The van der Waals surface area contributed by atoms with Crippen LogP contribution in [0.2, 0.25) is 0 Å². The highest BCUT2D eigenvalue weighted by Crippen LogP contribution is 2.31. The molecule has 5 nitrogen and oxygen atoms in total. The lowest BCUT2D eigenvalue weighted by Gasteiger charge is -2.34. The molecule has 0 bridgehead atoms. The standard InChI is InChI=1S/C19H26N4O/c1-14-6-3-9-19-20-16(13-23(14)19)12-21-10-4-7-17(21)18-8-5-11-22(18)15(2)24/h3,6,9,13,17-18H,4-5,7-8,10-12H2,1-2H3/t17-,18+/m0/s1. The van der Waals surface area contributed by atoms with Crippen LogP contribution in [0.25, 0.3) is 5.65 Å². The molecule has 4 rings (SSSR count). The van der Waals surface area contributed by atoms with Crippen molar-refractivity contribution in [3.63, 3.8) is 0 Å². The van der Waals surface area contributed by atoms with Gasteiger partial charge in [-0.15, -0.1) is 0 Å². The lowest BCUT2D eigenvalue weighted by molar-refractivity contribution is -0.130. The average molecular weight is 326 g/mol. The Morgan fingerprint density at radius 3 is 2.79 bits per heavy atom. The summed E-state index contributed by atoms with van der Waals surface area (Å²) in [6.45, 7) is 6.74. The van der Waals surface area contributed by atoms with Crippen molar-refractivity contribution in [2.45, 2.75) is 58.2 Å². The molecule has 0 aliphatic carbocycles. The molecule has 0 aromatic carbocycles. The number of carbonyl (C=O) groups is 1. The maximum Gasteiger partial charge on any atom is 0.219 e. The molecule has 4 heterocycles. The molecular weight excluding hydrogens is 300 g/mol. The zero-order valence-electron chi connectivity index (χ0n) is 14.6. The minimum atomic E-state index is 0.229. The van der Waals surface area contributed by atoms with E-state index in [2.05, 4.69) is 45.5 Å². The molecule has 2 saturated heterocycles. The topological polar surface area (TPSA) is 40.9 Å². The second-order valence-corrected chi connectivity index (χ2v) is 7.23. The van der Waals surface area contributed by atoms with E-state index in [9.17, 15) is 4.79 Å². The summed E-state index contributed by atoms with van der Waals surface area (Å²) in [5, 5.41) is 0. The highest BCUT2D eigenvalue weighted by Gasteiger charge is 2.38. The first-order chi connectivity index (χ1) is 11.6. The summed E-state index contributed by atoms with van der Waals surface area (Å²) in [6.07, 6.45) is 6.87. The fraction of sp³-hybridized carbons (Fsp3) is 0.579. The Labute approximate surface area is 143 Å². The SMILES string of the molecule is CC(=O)N1CCC[C@@H]1[C@@H]1CCCN1Cc1cn2c(C)cccc2n1. The van der Waals surface area contributed by atoms with Gasteiger partial charge in [0.1, 0.15) is 5.65 Å². The average Bonchev–Trinajstić information content (AvgIpc) is 3.25. The lowest BCUT2D eigenvalue weighted by Crippen LogP contribution is -2.47. The number of carbonyl (C=O) groups excluding carboxylic acids is 1. The quantitative estimate of drug-likeness (QED) is 0.870. The molecule has 0 saturated carbocycles. The van der Waals surface area contributed by atoms with Gasteiger partial charge in [-0.1, -0.05) is 6.07 Å². The molecule has 0 radical (unpaired) electrons. The fourth-order valence-electron chi connectivity index (χ4n) is 4.55. The molecule has 24 heavy (non-hydrogen) atoms. The van der Waals surface area contributed by atoms with Gasteiger partial charge in [-0.2, -0.15) is 0 Å². The van der Waals surface area contributed by atoms with Crippen molar-refractivity contribution in [3.8, 4) is 0 Å². The Morgan fingerprint density at radius 2 is 2.00 bits per heavy atom. The second kappa shape index (κ2) is 6.20. The number of nitrogens with zero attached hydrogens (tertiary/aromatic N) is 4. The van der Waals surface area contributed by atoms with E-state index in [1.165, 1.54) is 18.5 Å². The Bertz CT molecular complexity index is 753. The molecular formula is C19H26N4O. The van der Waals surface area contributed by atoms with E-state index in [-0.39, 0.29) is 5.91 Å². The highest BCUT2D eigenvalue weighted by molar-refractivity contribution is 5.74. The molecule has 0 spiro atoms. The monoisotopic (exact) mass is 326 g/mol. The number of aryl methyl sites for hydroxylation is 1. The third kappa shape index (κ3) is 2.71. The van der Waals surface area contributed by atoms with Crippen molar-refractivity contribution < 1.29 is 4.79 Å². The highest BCUT2D eigenvalue weighted by atomic mass is 16.2. The summed E-state index contributed by atoms with van der Waals surface area (Å²) >= 11 is 0. The number of hydrogen-bond donors (Lipinski definition) is 0. The first kappa shape index (κ1) is 15.6. The fourth-order valence-corrected chi connectivity index (χ4v) is 4.55. The molecule has 2 aromatic rings. The van der Waals surface area contributed by atoms with E-state index in [0.717, 1.165) is 43.8 Å². The van der Waals surface area contributed by atoms with Gasteiger partial charge in [-0.25, -0.2) is 4.98 Å². The molecule has 2 atom stereocenters. The van der Waals surface area contributed by atoms with Gasteiger partial charge >= 0.3 is 0 Å². The van der Waals surface area contributed by atoms with Gasteiger partial charge in [0.15, 0.2) is 0 Å². The minimum Gasteiger partial charge on any atom is -0.338 e. The van der Waals surface area contributed by atoms with Crippen LogP contribution in [-0.2, 0) is 11.3 Å². The first-order valence-corrected chi connectivity index (χ1v) is 9.08. The van der Waals surface area contributed by atoms with E-state index in [1.807, 2.05) is 0 Å². The van der Waals surface area contributed by atoms with Crippen LogP contribution in [0, 0.1) is 6.92 Å². The van der Waals surface area contributed by atoms with Crippen molar-refractivity contribution in [1.29, 1.82) is 0 Å². The molecule has 0 N–H and O–H groups in total. The number of rotatable bonds is 3. The van der Waals surface area contributed by atoms with Crippen LogP contribution in [-0.4, -0.2) is 50.3 Å². The molecule has 1 amide bonds. The van der Waals surface area contributed by atoms with Gasteiger partial charge in [-0.3, -0.25) is 9.69 Å². The summed E-state index contributed by atoms with van der Waals surface area (Å²) < 4.78 is 2.16. The summed E-state index contributed by atoms with van der Waals surface area (Å²) in [6, 6.07) is 7.11. The van der Waals surface area contributed by atoms with Gasteiger partial charge in [-0.05, 0) is 51.3 Å². The molecule has 0 unspecified atom stereocenters. The molecule has 128 valence electrons. The van der Waals surface area contributed by atoms with Crippen molar-refractivity contribution in [2.75, 3.05) is 13.1 Å². The molecule has 2 aromatic heterocycles. The van der Waals surface area contributed by atoms with Crippen molar-refractivity contribution in [1.82, 2.24) is 19.2 Å². The van der Waals surface area contributed by atoms with Crippen LogP contribution in [0.15, 0.2) is 24.4 Å². The van der Waals surface area contributed by atoms with E-state index >= 15 is 0 Å². The van der Waals surface area contributed by atoms with E-state index in [0.29, 0.717) is 12.1 Å². The Hall–Kier alpha value is -1.88. The summed E-state index contributed by atoms with van der Waals surface area (Å²) in [4.78, 5) is 21.4. The number of likely N-dealkylation sites (tertiary alicyclic amines) is 2. The number of hydrogen-bond acceptors (Lipinski definition) is 3. The maximum absolute atomic E-state index is 11.9. The summed E-state index contributed by atoms with van der Waals surface area (Å²) in [5.74, 6) is 0.229. The van der Waals surface area contributed by atoms with Crippen LogP contribution in [0.5, 0.6) is 0 Å². The second-order valence-electron chi connectivity index (χ2n) is 7.23. The molecule has 2 fully saturated rings. The predicted molar refractivity (Wildman–Crippen MR) is 93.8 cm³/mol. The van der Waals surface area contributed by atoms with Crippen molar-refractivity contribution >= 4 is 11.6 Å². The van der Waals surface area contributed by atoms with Crippen LogP contribution in [0.1, 0.15) is 44.0 Å². The van der Waals surface area contributed by atoms with Crippen LogP contribution in [0.4, 0.5) is 0 Å². The van der Waals surface area contributed by atoms with Crippen LogP contribution < -0.4 is 0 Å². The number of pyridine rings is 1. The lowest BCUT2D eigenvalue weighted by atomic mass is 10.0. The first-order valence-electron chi connectivity index (χ1n) is 9.08. The van der Waals surface area contributed by atoms with Gasteiger partial charge in [0.2, 0.25) is 5.91 Å². The minimum absolute atomic E-state index is 0.229. The van der Waals surface area contributed by atoms with Crippen molar-refractivity contribution in [2.24, 2.45) is 0 Å². The Balaban J connectivity index is 1.54. The van der Waals surface area contributed by atoms with Gasteiger partial charge in [0.05, 0.1) is 5.69 Å². The number of imidazole rings is 1. The Morgan fingerprint density at radius 1 is 1.21 bits per heavy atom. The van der Waals surface area contributed by atoms with E-state index in [1.54, 1.807) is 6.92 Å². The van der Waals surface area contributed by atoms with E-state index < -0.39 is 0 Å². The Kier molecular flexibility index (Phi) is 4.04. The van der Waals surface area contributed by atoms with Crippen LogP contribution >= 0.6 is 0 Å². The normalized spacial score (nSPS) is 25.0. The number of aromatic nitrogens is 2. The van der Waals surface area contributed by atoms with E-state index in [4.69, 9.17) is 4.98 Å². The number of amides is 1. The van der Waals surface area contributed by atoms with Crippen LogP contribution in [0.3, 0.4) is 0 Å². The number of fused-ring (bicyclic) bond motifs is 1. The smallest absolute Gasteiger partial charge is 0.219 e. The largest absolute Gasteiger partial charge is 0.338 e. The van der Waals surface area contributed by atoms with Gasteiger partial charge < -0.3 is 9.30 Å². The molecule has 5 heteroatoms. The maximum atomic E-state index is 11.9. The van der Waals surface area contributed by atoms with Gasteiger partial charge in [0, 0.05) is 44.0 Å². The summed E-state index contributed by atoms with van der Waals surface area (Å²) in [7, 11) is 0. The molecule has 2 aliphatic heterocycles. The third-order valence-corrected chi connectivity index (χ3v) is 5.67. The molecule has 2 aliphatic rings. The zero-order chi connectivity index (χ0) is 16.7. The third-order valence-electron chi connectivity index (χ3n) is 5.67. The van der Waals surface area contributed by atoms with Gasteiger partial charge in [0.25, 0.3) is 0 Å². The predicted octanol–water partition coefficient (Wildman–Crippen LogP) is 2.62. The zero-order valence-corrected chi connectivity index (χ0v) is 14.6.